The van der Waals surface area contributed by atoms with Crippen LogP contribution >= 0.6 is 0 Å². The lowest BCUT2D eigenvalue weighted by Gasteiger charge is -2.28. The normalized spacial score (nSPS) is 11.7. The van der Waals surface area contributed by atoms with Crippen molar-refractivity contribution in [3.05, 3.63) is 35.4 Å². The second kappa shape index (κ2) is 6.10. The molecule has 0 aliphatic heterocycles. The lowest BCUT2D eigenvalue weighted by Crippen LogP contribution is -2.40. The second-order valence-corrected chi connectivity index (χ2v) is 5.74. The van der Waals surface area contributed by atoms with Crippen LogP contribution in [-0.2, 0) is 0 Å². The average molecular weight is 270 g/mol. The predicted octanol–water partition coefficient (Wildman–Crippen LogP) is 2.28. The fourth-order valence-corrected chi connectivity index (χ4v) is 2.02. The predicted molar refractivity (Wildman–Crippen MR) is 71.0 cm³/mol. The van der Waals surface area contributed by atoms with Crippen LogP contribution in [0.3, 0.4) is 0 Å². The van der Waals surface area contributed by atoms with E-state index in [-0.39, 0.29) is 11.0 Å². The number of rotatable bonds is 5. The van der Waals surface area contributed by atoms with Crippen molar-refractivity contribution in [3.63, 3.8) is 0 Å². The molecule has 0 bridgehead atoms. The Labute approximate surface area is 112 Å². The summed E-state index contributed by atoms with van der Waals surface area (Å²) >= 11 is 0. The Morgan fingerprint density at radius 1 is 1.21 bits per heavy atom. The monoisotopic (exact) mass is 270 g/mol. The van der Waals surface area contributed by atoms with E-state index < -0.39 is 17.5 Å². The molecule has 0 aliphatic rings. The van der Waals surface area contributed by atoms with Crippen molar-refractivity contribution in [2.75, 3.05) is 27.2 Å². The first-order valence-electron chi connectivity index (χ1n) is 6.09. The van der Waals surface area contributed by atoms with Crippen LogP contribution in [-0.4, -0.2) is 38.0 Å². The summed E-state index contributed by atoms with van der Waals surface area (Å²) in [6, 6.07) is 2.79. The molecule has 3 nitrogen and oxygen atoms in total. The number of amides is 1. The SMILES string of the molecule is CN(C)CC(C)(C)CNC(=O)c1cc(F)cc(F)c1. The summed E-state index contributed by atoms with van der Waals surface area (Å²) in [5, 5.41) is 2.70. The van der Waals surface area contributed by atoms with Crippen LogP contribution in [0.1, 0.15) is 24.2 Å². The van der Waals surface area contributed by atoms with Gasteiger partial charge in [-0.1, -0.05) is 13.8 Å². The van der Waals surface area contributed by atoms with E-state index in [1.807, 2.05) is 32.8 Å². The molecule has 0 radical (unpaired) electrons. The molecule has 1 amide bonds. The quantitative estimate of drug-likeness (QED) is 0.890. The summed E-state index contributed by atoms with van der Waals surface area (Å²) in [6.07, 6.45) is 0. The number of carbonyl (C=O) groups is 1. The summed E-state index contributed by atoms with van der Waals surface area (Å²) in [4.78, 5) is 13.8. The smallest absolute Gasteiger partial charge is 0.251 e. The minimum atomic E-state index is -0.752. The van der Waals surface area contributed by atoms with Crippen molar-refractivity contribution in [2.45, 2.75) is 13.8 Å². The van der Waals surface area contributed by atoms with Gasteiger partial charge in [-0.25, -0.2) is 8.78 Å². The number of hydrogen-bond donors (Lipinski definition) is 1. The molecule has 5 heteroatoms. The third-order valence-corrected chi connectivity index (χ3v) is 2.60. The lowest BCUT2D eigenvalue weighted by molar-refractivity contribution is 0.0928. The van der Waals surface area contributed by atoms with Gasteiger partial charge in [-0.2, -0.15) is 0 Å². The van der Waals surface area contributed by atoms with Gasteiger partial charge in [0, 0.05) is 24.7 Å². The van der Waals surface area contributed by atoms with Gasteiger partial charge in [0.1, 0.15) is 11.6 Å². The van der Waals surface area contributed by atoms with E-state index in [1.165, 1.54) is 0 Å². The highest BCUT2D eigenvalue weighted by molar-refractivity contribution is 5.94. The first-order valence-corrected chi connectivity index (χ1v) is 6.09. The molecule has 0 unspecified atom stereocenters. The van der Waals surface area contributed by atoms with Gasteiger partial charge in [-0.3, -0.25) is 4.79 Å². The van der Waals surface area contributed by atoms with E-state index in [0.717, 1.165) is 24.7 Å². The molecule has 1 N–H and O–H groups in total. The molecule has 0 fully saturated rings. The van der Waals surface area contributed by atoms with E-state index >= 15 is 0 Å². The molecule has 106 valence electrons. The van der Waals surface area contributed by atoms with Crippen molar-refractivity contribution in [1.29, 1.82) is 0 Å². The van der Waals surface area contributed by atoms with Crippen LogP contribution in [0.5, 0.6) is 0 Å². The van der Waals surface area contributed by atoms with Crippen LogP contribution in [0.2, 0.25) is 0 Å². The van der Waals surface area contributed by atoms with Crippen LogP contribution in [0, 0.1) is 17.0 Å². The third kappa shape index (κ3) is 5.34. The van der Waals surface area contributed by atoms with E-state index in [1.54, 1.807) is 0 Å². The van der Waals surface area contributed by atoms with Gasteiger partial charge in [0.15, 0.2) is 0 Å². The van der Waals surface area contributed by atoms with Crippen LogP contribution < -0.4 is 5.32 Å². The van der Waals surface area contributed by atoms with Gasteiger partial charge in [0.05, 0.1) is 0 Å². The zero-order valence-electron chi connectivity index (χ0n) is 11.8. The molecule has 0 atom stereocenters. The van der Waals surface area contributed by atoms with Gasteiger partial charge in [0.25, 0.3) is 5.91 Å². The van der Waals surface area contributed by atoms with Crippen molar-refractivity contribution < 1.29 is 13.6 Å². The Hall–Kier alpha value is -1.49. The first-order chi connectivity index (χ1) is 8.69. The zero-order chi connectivity index (χ0) is 14.6. The first kappa shape index (κ1) is 15.6. The molecule has 1 rings (SSSR count). The Bertz CT molecular complexity index is 439. The molecule has 0 heterocycles. The van der Waals surface area contributed by atoms with Gasteiger partial charge in [-0.05, 0) is 31.6 Å². The maximum Gasteiger partial charge on any atom is 0.251 e. The molecule has 1 aromatic carbocycles. The van der Waals surface area contributed by atoms with Gasteiger partial charge >= 0.3 is 0 Å². The van der Waals surface area contributed by atoms with E-state index in [2.05, 4.69) is 5.32 Å². The highest BCUT2D eigenvalue weighted by Gasteiger charge is 2.20. The Morgan fingerprint density at radius 2 is 1.74 bits per heavy atom. The summed E-state index contributed by atoms with van der Waals surface area (Å²) in [7, 11) is 3.90. The maximum absolute atomic E-state index is 13.0. The number of benzene rings is 1. The van der Waals surface area contributed by atoms with E-state index in [0.29, 0.717) is 6.54 Å². The molecule has 19 heavy (non-hydrogen) atoms. The zero-order valence-corrected chi connectivity index (χ0v) is 11.8. The summed E-state index contributed by atoms with van der Waals surface area (Å²) in [5.41, 5.74) is -0.122. The number of carbonyl (C=O) groups excluding carboxylic acids is 1. The molecule has 1 aromatic rings. The molecular weight excluding hydrogens is 250 g/mol. The summed E-state index contributed by atoms with van der Waals surface area (Å²) < 4.78 is 26.0. The average Bonchev–Trinajstić information content (AvgIpc) is 2.22. The Kier molecular flexibility index (Phi) is 5.00. The van der Waals surface area contributed by atoms with Crippen LogP contribution in [0.25, 0.3) is 0 Å². The van der Waals surface area contributed by atoms with Crippen molar-refractivity contribution in [1.82, 2.24) is 10.2 Å². The maximum atomic E-state index is 13.0. The number of nitrogens with zero attached hydrogens (tertiary/aromatic N) is 1. The number of nitrogens with one attached hydrogen (secondary N) is 1. The molecule has 0 aromatic heterocycles. The standard InChI is InChI=1S/C14H20F2N2O/c1-14(2,9-18(3)4)8-17-13(19)10-5-11(15)7-12(16)6-10/h5-7H,8-9H2,1-4H3,(H,17,19). The van der Waals surface area contributed by atoms with Crippen molar-refractivity contribution in [2.24, 2.45) is 5.41 Å². The van der Waals surface area contributed by atoms with Crippen molar-refractivity contribution in [3.8, 4) is 0 Å². The molecular formula is C14H20F2N2O. The minimum absolute atomic E-state index is 0.00171. The highest BCUT2D eigenvalue weighted by Crippen LogP contribution is 2.15. The minimum Gasteiger partial charge on any atom is -0.351 e. The highest BCUT2D eigenvalue weighted by atomic mass is 19.1. The number of hydrogen-bond acceptors (Lipinski definition) is 2. The van der Waals surface area contributed by atoms with Gasteiger partial charge in [-0.15, -0.1) is 0 Å². The lowest BCUT2D eigenvalue weighted by atomic mass is 9.93. The van der Waals surface area contributed by atoms with E-state index in [9.17, 15) is 13.6 Å². The number of halogens is 2. The second-order valence-electron chi connectivity index (χ2n) is 5.74. The molecule has 0 saturated carbocycles. The molecule has 0 spiro atoms. The summed E-state index contributed by atoms with van der Waals surface area (Å²) in [5.74, 6) is -1.97. The summed E-state index contributed by atoms with van der Waals surface area (Å²) in [6.45, 7) is 5.26. The van der Waals surface area contributed by atoms with Crippen LogP contribution in [0.15, 0.2) is 18.2 Å². The fraction of sp³-hybridized carbons (Fsp3) is 0.500. The van der Waals surface area contributed by atoms with Gasteiger partial charge < -0.3 is 10.2 Å². The molecule has 0 saturated heterocycles. The third-order valence-electron chi connectivity index (χ3n) is 2.60. The van der Waals surface area contributed by atoms with Gasteiger partial charge in [0.2, 0.25) is 0 Å². The Morgan fingerprint density at radius 3 is 2.21 bits per heavy atom. The molecule has 0 aliphatic carbocycles. The Balaban J connectivity index is 2.65. The van der Waals surface area contributed by atoms with Crippen LogP contribution in [0.4, 0.5) is 8.78 Å². The van der Waals surface area contributed by atoms with Crippen molar-refractivity contribution >= 4 is 5.91 Å². The largest absolute Gasteiger partial charge is 0.351 e. The topological polar surface area (TPSA) is 32.3 Å². The fourth-order valence-electron chi connectivity index (χ4n) is 2.02. The van der Waals surface area contributed by atoms with E-state index in [4.69, 9.17) is 0 Å².